The Balaban J connectivity index is 1.60. The summed E-state index contributed by atoms with van der Waals surface area (Å²) in [6.45, 7) is 1.56. The number of benzene rings is 3. The Bertz CT molecular complexity index is 1210. The number of fused-ring (bicyclic) bond motifs is 3. The molecule has 0 aliphatic heterocycles. The van der Waals surface area contributed by atoms with Crippen LogP contribution in [0.1, 0.15) is 5.56 Å². The molecule has 6 nitrogen and oxygen atoms in total. The molecule has 1 atom stereocenters. The van der Waals surface area contributed by atoms with Gasteiger partial charge in [0.1, 0.15) is 0 Å². The summed E-state index contributed by atoms with van der Waals surface area (Å²) in [5, 5.41) is 22.9. The van der Waals surface area contributed by atoms with E-state index in [2.05, 4.69) is 0 Å². The summed E-state index contributed by atoms with van der Waals surface area (Å²) in [4.78, 5) is -0.0188. The quantitative estimate of drug-likeness (QED) is 0.476. The fourth-order valence-corrected chi connectivity index (χ4v) is 4.67. The van der Waals surface area contributed by atoms with Crippen LogP contribution in [0.2, 0.25) is 0 Å². The molecule has 7 heteroatoms. The highest BCUT2D eigenvalue weighted by Gasteiger charge is 2.26. The largest absolute Gasteiger partial charge is 0.390 e. The maximum Gasteiger partial charge on any atom is 0.264 e. The molecule has 4 aromatic rings. The van der Waals surface area contributed by atoms with E-state index >= 15 is 0 Å². The van der Waals surface area contributed by atoms with Crippen molar-refractivity contribution in [3.8, 4) is 0 Å². The lowest BCUT2D eigenvalue weighted by molar-refractivity contribution is -0.0333. The van der Waals surface area contributed by atoms with Crippen LogP contribution in [-0.2, 0) is 16.6 Å². The van der Waals surface area contributed by atoms with E-state index in [0.717, 1.165) is 27.4 Å². The van der Waals surface area contributed by atoms with Gasteiger partial charge in [0.05, 0.1) is 24.1 Å². The molecule has 0 saturated heterocycles. The van der Waals surface area contributed by atoms with Crippen LogP contribution in [0.25, 0.3) is 21.8 Å². The third-order valence-electron chi connectivity index (χ3n) is 5.04. The van der Waals surface area contributed by atoms with E-state index in [1.165, 1.54) is 12.1 Å². The van der Waals surface area contributed by atoms with Gasteiger partial charge >= 0.3 is 0 Å². The van der Waals surface area contributed by atoms with Gasteiger partial charge in [0.15, 0.2) is 0 Å². The summed E-state index contributed by atoms with van der Waals surface area (Å²) in [6.07, 6.45) is -1.10. The van der Waals surface area contributed by atoms with E-state index in [1.807, 2.05) is 60.0 Å². The summed E-state index contributed by atoms with van der Waals surface area (Å²) in [7, 11) is -4.10. The van der Waals surface area contributed by atoms with Crippen LogP contribution in [0.3, 0.4) is 0 Å². The van der Waals surface area contributed by atoms with Crippen LogP contribution in [0.4, 0.5) is 0 Å². The van der Waals surface area contributed by atoms with Crippen LogP contribution in [0, 0.1) is 6.92 Å². The zero-order valence-electron chi connectivity index (χ0n) is 15.9. The first-order valence-electron chi connectivity index (χ1n) is 9.30. The van der Waals surface area contributed by atoms with Crippen LogP contribution in [0.5, 0.6) is 0 Å². The molecule has 0 saturated carbocycles. The van der Waals surface area contributed by atoms with Crippen LogP contribution in [0.15, 0.2) is 77.7 Å². The van der Waals surface area contributed by atoms with Gasteiger partial charge < -0.3 is 9.67 Å². The normalized spacial score (nSPS) is 13.4. The maximum absolute atomic E-state index is 12.6. The third kappa shape index (κ3) is 3.65. The van der Waals surface area contributed by atoms with Gasteiger partial charge in [-0.3, -0.25) is 5.21 Å². The first-order valence-corrected chi connectivity index (χ1v) is 10.7. The van der Waals surface area contributed by atoms with Gasteiger partial charge in [-0.15, -0.1) is 0 Å². The Kier molecular flexibility index (Phi) is 5.14. The molecule has 0 aliphatic carbocycles. The fraction of sp³-hybridized carbons (Fsp3) is 0.182. The number of hydroxylamine groups is 1. The van der Waals surface area contributed by atoms with Gasteiger partial charge in [0.25, 0.3) is 10.0 Å². The second-order valence-corrected chi connectivity index (χ2v) is 8.96. The molecule has 3 aromatic carbocycles. The van der Waals surface area contributed by atoms with Gasteiger partial charge in [0, 0.05) is 21.8 Å². The zero-order chi connectivity index (χ0) is 20.6. The number of nitrogens with zero attached hydrogens (tertiary/aromatic N) is 2. The molecule has 1 heterocycles. The molecule has 2 N–H and O–H groups in total. The number of para-hydroxylation sites is 2. The minimum Gasteiger partial charge on any atom is -0.390 e. The average Bonchev–Trinajstić information content (AvgIpc) is 3.02. The van der Waals surface area contributed by atoms with Crippen molar-refractivity contribution in [2.24, 2.45) is 0 Å². The van der Waals surface area contributed by atoms with E-state index in [1.54, 1.807) is 12.1 Å². The highest BCUT2D eigenvalue weighted by molar-refractivity contribution is 7.89. The predicted molar refractivity (Wildman–Crippen MR) is 112 cm³/mol. The lowest BCUT2D eigenvalue weighted by Crippen LogP contribution is -2.36. The number of aliphatic hydroxyl groups is 1. The Hall–Kier alpha value is -2.71. The number of aromatic nitrogens is 1. The molecular formula is C22H22N2O4S. The van der Waals surface area contributed by atoms with Crippen molar-refractivity contribution in [3.63, 3.8) is 0 Å². The van der Waals surface area contributed by atoms with Crippen LogP contribution >= 0.6 is 0 Å². The monoisotopic (exact) mass is 410 g/mol. The van der Waals surface area contributed by atoms with Crippen molar-refractivity contribution in [2.75, 3.05) is 6.54 Å². The van der Waals surface area contributed by atoms with E-state index in [-0.39, 0.29) is 15.9 Å². The molecule has 0 fully saturated rings. The molecule has 0 amide bonds. The number of aryl methyl sites for hydroxylation is 1. The number of rotatable bonds is 6. The highest BCUT2D eigenvalue weighted by Crippen LogP contribution is 2.29. The maximum atomic E-state index is 12.6. The Labute approximate surface area is 169 Å². The van der Waals surface area contributed by atoms with Gasteiger partial charge in [-0.05, 0) is 31.2 Å². The van der Waals surface area contributed by atoms with Gasteiger partial charge in [-0.25, -0.2) is 8.42 Å². The molecule has 1 aromatic heterocycles. The number of hydrogen-bond donors (Lipinski definition) is 2. The van der Waals surface area contributed by atoms with Crippen molar-refractivity contribution in [1.29, 1.82) is 0 Å². The summed E-state index contributed by atoms with van der Waals surface area (Å²) >= 11 is 0. The van der Waals surface area contributed by atoms with Crippen molar-refractivity contribution in [2.45, 2.75) is 24.5 Å². The molecular weight excluding hydrogens is 388 g/mol. The Morgan fingerprint density at radius 2 is 1.41 bits per heavy atom. The van der Waals surface area contributed by atoms with Gasteiger partial charge in [-0.1, -0.05) is 58.6 Å². The first kappa shape index (κ1) is 19.6. The van der Waals surface area contributed by atoms with Crippen LogP contribution < -0.4 is 0 Å². The van der Waals surface area contributed by atoms with Gasteiger partial charge in [-0.2, -0.15) is 0 Å². The van der Waals surface area contributed by atoms with E-state index < -0.39 is 22.7 Å². The average molecular weight is 410 g/mol. The molecule has 29 heavy (non-hydrogen) atoms. The Morgan fingerprint density at radius 1 is 0.897 bits per heavy atom. The smallest absolute Gasteiger partial charge is 0.264 e. The summed E-state index contributed by atoms with van der Waals surface area (Å²) in [5.41, 5.74) is 2.80. The van der Waals surface area contributed by atoms with Crippen molar-refractivity contribution >= 4 is 31.8 Å². The predicted octanol–water partition coefficient (Wildman–Crippen LogP) is 3.54. The van der Waals surface area contributed by atoms with Gasteiger partial charge in [0.2, 0.25) is 0 Å². The number of aliphatic hydroxyl groups excluding tert-OH is 1. The zero-order valence-corrected chi connectivity index (χ0v) is 16.7. The SMILES string of the molecule is Cc1ccc(S(=O)(=O)N(O)CC(O)Cn2c3ccccc3c3ccccc32)cc1. The Morgan fingerprint density at radius 3 is 1.97 bits per heavy atom. The minimum atomic E-state index is -4.10. The second kappa shape index (κ2) is 7.61. The third-order valence-corrected chi connectivity index (χ3v) is 6.61. The summed E-state index contributed by atoms with van der Waals surface area (Å²) in [5.74, 6) is 0. The molecule has 0 bridgehead atoms. The molecule has 0 radical (unpaired) electrons. The molecule has 150 valence electrons. The lowest BCUT2D eigenvalue weighted by Gasteiger charge is -2.20. The standard InChI is InChI=1S/C22H22N2O4S/c1-16-10-12-18(13-11-16)29(27,28)24(26)15-17(25)14-23-21-8-4-2-6-19(21)20-7-3-5-9-22(20)23/h2-13,17,25-26H,14-15H2,1H3. The number of hydrogen-bond acceptors (Lipinski definition) is 4. The van der Waals surface area contributed by atoms with E-state index in [9.17, 15) is 18.7 Å². The highest BCUT2D eigenvalue weighted by atomic mass is 32.2. The first-order chi connectivity index (χ1) is 13.9. The van der Waals surface area contributed by atoms with Crippen LogP contribution in [-0.4, -0.2) is 40.4 Å². The number of sulfonamides is 1. The summed E-state index contributed by atoms with van der Waals surface area (Å²) in [6, 6.07) is 21.9. The topological polar surface area (TPSA) is 82.8 Å². The van der Waals surface area contributed by atoms with E-state index in [0.29, 0.717) is 0 Å². The van der Waals surface area contributed by atoms with Crippen molar-refractivity contribution in [3.05, 3.63) is 78.4 Å². The van der Waals surface area contributed by atoms with Crippen molar-refractivity contribution < 1.29 is 18.7 Å². The fourth-order valence-electron chi connectivity index (χ4n) is 3.58. The molecule has 4 rings (SSSR count). The lowest BCUT2D eigenvalue weighted by atomic mass is 10.2. The molecule has 1 unspecified atom stereocenters. The molecule has 0 spiro atoms. The van der Waals surface area contributed by atoms with E-state index in [4.69, 9.17) is 0 Å². The molecule has 0 aliphatic rings. The summed E-state index contributed by atoms with van der Waals surface area (Å²) < 4.78 is 27.3. The second-order valence-electron chi connectivity index (χ2n) is 7.12. The minimum absolute atomic E-state index is 0.0188. The van der Waals surface area contributed by atoms with Crippen molar-refractivity contribution in [1.82, 2.24) is 9.04 Å².